The number of ether oxygens (including phenoxy) is 1. The van der Waals surface area contributed by atoms with Crippen LogP contribution in [0.4, 0.5) is 4.79 Å². The van der Waals surface area contributed by atoms with Crippen molar-refractivity contribution in [2.24, 2.45) is 5.16 Å². The lowest BCUT2D eigenvalue weighted by Crippen LogP contribution is -2.06. The van der Waals surface area contributed by atoms with Gasteiger partial charge in [-0.1, -0.05) is 78.0 Å². The van der Waals surface area contributed by atoms with Crippen LogP contribution in [-0.2, 0) is 16.0 Å². The Morgan fingerprint density at radius 3 is 2.36 bits per heavy atom. The van der Waals surface area contributed by atoms with Crippen LogP contribution in [0.3, 0.4) is 0 Å². The van der Waals surface area contributed by atoms with Crippen molar-refractivity contribution in [3.63, 3.8) is 0 Å². The number of allylic oxidation sites excluding steroid dienone is 1. The van der Waals surface area contributed by atoms with Crippen LogP contribution in [0.2, 0.25) is 0 Å². The summed E-state index contributed by atoms with van der Waals surface area (Å²) in [7, 11) is 1.27. The molecular formula is C21H23NO3. The first-order valence-electron chi connectivity index (χ1n) is 8.34. The third kappa shape index (κ3) is 7.48. The quantitative estimate of drug-likeness (QED) is 0.286. The Bertz CT molecular complexity index is 694. The van der Waals surface area contributed by atoms with Crippen molar-refractivity contribution in [2.45, 2.75) is 25.7 Å². The maximum Gasteiger partial charge on any atom is 0.534 e. The van der Waals surface area contributed by atoms with Crippen molar-refractivity contribution >= 4 is 17.9 Å². The van der Waals surface area contributed by atoms with E-state index in [2.05, 4.69) is 46.3 Å². The minimum Gasteiger partial charge on any atom is -0.436 e. The Kier molecular flexibility index (Phi) is 7.98. The first kappa shape index (κ1) is 18.5. The van der Waals surface area contributed by atoms with Gasteiger partial charge in [0.05, 0.1) is 12.8 Å². The van der Waals surface area contributed by atoms with Gasteiger partial charge in [-0.05, 0) is 36.8 Å². The van der Waals surface area contributed by atoms with Crippen molar-refractivity contribution in [3.8, 4) is 0 Å². The topological polar surface area (TPSA) is 47.9 Å². The number of oxime groups is 1. The van der Waals surface area contributed by atoms with Gasteiger partial charge in [-0.25, -0.2) is 4.79 Å². The van der Waals surface area contributed by atoms with Gasteiger partial charge >= 0.3 is 6.16 Å². The van der Waals surface area contributed by atoms with Crippen molar-refractivity contribution < 1.29 is 14.4 Å². The Morgan fingerprint density at radius 2 is 1.68 bits per heavy atom. The molecule has 0 fully saturated rings. The third-order valence-electron chi connectivity index (χ3n) is 3.67. The highest BCUT2D eigenvalue weighted by Crippen LogP contribution is 2.09. The predicted molar refractivity (Wildman–Crippen MR) is 100 cm³/mol. The van der Waals surface area contributed by atoms with Crippen molar-refractivity contribution in [3.05, 3.63) is 77.9 Å². The smallest absolute Gasteiger partial charge is 0.436 e. The summed E-state index contributed by atoms with van der Waals surface area (Å²) in [4.78, 5) is 15.9. The van der Waals surface area contributed by atoms with Gasteiger partial charge in [0.2, 0.25) is 0 Å². The highest BCUT2D eigenvalue weighted by atomic mass is 16.8. The Balaban J connectivity index is 1.89. The van der Waals surface area contributed by atoms with Crippen LogP contribution in [-0.4, -0.2) is 19.0 Å². The standard InChI is InChI=1S/C21H23NO3/c1-24-21(23)25-22-20(17-16-19-12-6-3-7-13-19)15-9-8-14-18-10-4-2-5-11-18/h2-8,10-14H,9,15-17H2,1H3/b14-8+,22-20-. The predicted octanol–water partition coefficient (Wildman–Crippen LogP) is 5.25. The summed E-state index contributed by atoms with van der Waals surface area (Å²) in [6.45, 7) is 0. The molecule has 0 amide bonds. The zero-order chi connectivity index (χ0) is 17.7. The van der Waals surface area contributed by atoms with E-state index < -0.39 is 6.16 Å². The number of hydrogen-bond acceptors (Lipinski definition) is 4. The van der Waals surface area contributed by atoms with Crippen molar-refractivity contribution in [2.75, 3.05) is 7.11 Å². The number of carbonyl (C=O) groups excluding carboxylic acids is 1. The van der Waals surface area contributed by atoms with E-state index in [1.165, 1.54) is 12.7 Å². The third-order valence-corrected chi connectivity index (χ3v) is 3.67. The number of carbonyl (C=O) groups is 1. The molecule has 0 aliphatic rings. The van der Waals surface area contributed by atoms with Crippen molar-refractivity contribution in [1.29, 1.82) is 0 Å². The van der Waals surface area contributed by atoms with Gasteiger partial charge in [-0.15, -0.1) is 0 Å². The largest absolute Gasteiger partial charge is 0.534 e. The summed E-state index contributed by atoms with van der Waals surface area (Å²) < 4.78 is 4.46. The van der Waals surface area contributed by atoms with Gasteiger partial charge < -0.3 is 4.74 Å². The fraction of sp³-hybridized carbons (Fsp3) is 0.238. The zero-order valence-electron chi connectivity index (χ0n) is 14.4. The summed E-state index contributed by atoms with van der Waals surface area (Å²) in [5.41, 5.74) is 3.23. The fourth-order valence-electron chi connectivity index (χ4n) is 2.32. The van der Waals surface area contributed by atoms with Crippen LogP contribution in [0, 0.1) is 0 Å². The van der Waals surface area contributed by atoms with Crippen molar-refractivity contribution in [1.82, 2.24) is 0 Å². The second kappa shape index (κ2) is 10.8. The molecule has 4 heteroatoms. The van der Waals surface area contributed by atoms with E-state index in [4.69, 9.17) is 4.84 Å². The van der Waals surface area contributed by atoms with E-state index in [1.807, 2.05) is 36.4 Å². The van der Waals surface area contributed by atoms with Gasteiger partial charge in [0.25, 0.3) is 0 Å². The van der Waals surface area contributed by atoms with E-state index >= 15 is 0 Å². The summed E-state index contributed by atoms with van der Waals surface area (Å²) in [6.07, 6.45) is 6.53. The Morgan fingerprint density at radius 1 is 1.00 bits per heavy atom. The molecule has 4 nitrogen and oxygen atoms in total. The second-order valence-corrected chi connectivity index (χ2v) is 5.54. The molecule has 0 atom stereocenters. The molecule has 0 unspecified atom stereocenters. The summed E-state index contributed by atoms with van der Waals surface area (Å²) >= 11 is 0. The molecule has 0 aliphatic carbocycles. The highest BCUT2D eigenvalue weighted by Gasteiger charge is 2.05. The average molecular weight is 337 g/mol. The molecular weight excluding hydrogens is 314 g/mol. The number of methoxy groups -OCH3 is 1. The molecule has 0 aromatic heterocycles. The van der Waals surface area contributed by atoms with E-state index in [0.29, 0.717) is 0 Å². The first-order valence-corrected chi connectivity index (χ1v) is 8.34. The summed E-state index contributed by atoms with van der Waals surface area (Å²) in [5, 5.41) is 3.96. The number of hydrogen-bond donors (Lipinski definition) is 0. The van der Waals surface area contributed by atoms with Gasteiger partial charge in [0, 0.05) is 0 Å². The average Bonchev–Trinajstić information content (AvgIpc) is 2.68. The lowest BCUT2D eigenvalue weighted by Gasteiger charge is -2.05. The monoisotopic (exact) mass is 337 g/mol. The molecule has 130 valence electrons. The fourth-order valence-corrected chi connectivity index (χ4v) is 2.32. The molecule has 0 aliphatic heterocycles. The van der Waals surface area contributed by atoms with Crippen LogP contribution in [0.1, 0.15) is 30.4 Å². The Labute approximate surface area is 148 Å². The molecule has 0 radical (unpaired) electrons. The molecule has 25 heavy (non-hydrogen) atoms. The first-order chi connectivity index (χ1) is 12.3. The van der Waals surface area contributed by atoms with Gasteiger partial charge in [-0.2, -0.15) is 0 Å². The van der Waals surface area contributed by atoms with Gasteiger partial charge in [-0.3, -0.25) is 4.84 Å². The molecule has 0 spiro atoms. The SMILES string of the molecule is COC(=O)O/N=C(/CC/C=C/c1ccccc1)CCc1ccccc1. The zero-order valence-corrected chi connectivity index (χ0v) is 14.4. The second-order valence-electron chi connectivity index (χ2n) is 5.54. The molecule has 2 rings (SSSR count). The number of nitrogens with zero attached hydrogens (tertiary/aromatic N) is 1. The highest BCUT2D eigenvalue weighted by molar-refractivity contribution is 5.85. The molecule has 0 bridgehead atoms. The van der Waals surface area contributed by atoms with Gasteiger partial charge in [0.1, 0.15) is 0 Å². The minimum absolute atomic E-state index is 0.729. The van der Waals surface area contributed by atoms with Crippen LogP contribution in [0.15, 0.2) is 71.9 Å². The van der Waals surface area contributed by atoms with E-state index in [1.54, 1.807) is 0 Å². The van der Waals surface area contributed by atoms with E-state index in [0.717, 1.165) is 37.0 Å². The minimum atomic E-state index is -0.794. The van der Waals surface area contributed by atoms with Crippen LogP contribution >= 0.6 is 0 Å². The molecule has 2 aromatic rings. The van der Waals surface area contributed by atoms with Crippen LogP contribution < -0.4 is 0 Å². The molecule has 0 saturated carbocycles. The molecule has 0 saturated heterocycles. The maximum atomic E-state index is 11.1. The molecule has 2 aromatic carbocycles. The normalized spacial score (nSPS) is 11.5. The van der Waals surface area contributed by atoms with Crippen LogP contribution in [0.25, 0.3) is 6.08 Å². The lowest BCUT2D eigenvalue weighted by atomic mass is 10.0. The van der Waals surface area contributed by atoms with Crippen LogP contribution in [0.5, 0.6) is 0 Å². The van der Waals surface area contributed by atoms with E-state index in [9.17, 15) is 4.79 Å². The van der Waals surface area contributed by atoms with E-state index in [-0.39, 0.29) is 0 Å². The maximum absolute atomic E-state index is 11.1. The van der Waals surface area contributed by atoms with Gasteiger partial charge in [0.15, 0.2) is 0 Å². The number of benzene rings is 2. The molecule has 0 N–H and O–H groups in total. The summed E-state index contributed by atoms with van der Waals surface area (Å²) in [6, 6.07) is 20.3. The number of aryl methyl sites for hydroxylation is 1. The lowest BCUT2D eigenvalue weighted by molar-refractivity contribution is 0.0749. The molecule has 0 heterocycles. The Hall–Kier alpha value is -2.88. The number of rotatable bonds is 8. The summed E-state index contributed by atoms with van der Waals surface area (Å²) in [5.74, 6) is 0.